The molecule has 0 bridgehead atoms. The Hall–Kier alpha value is 0.544. The summed E-state index contributed by atoms with van der Waals surface area (Å²) in [6.07, 6.45) is 8.16. The maximum Gasteiger partial charge on any atom is -1.00 e. The molecule has 1 aromatic carbocycles. The predicted molar refractivity (Wildman–Crippen MR) is 66.4 cm³/mol. The third-order valence-corrected chi connectivity index (χ3v) is 4.38. The fourth-order valence-corrected chi connectivity index (χ4v) is 3.32. The molecule has 1 aromatic rings. The Morgan fingerprint density at radius 2 is 1.53 bits per heavy atom. The first-order valence-electron chi connectivity index (χ1n) is 6.29. The van der Waals surface area contributed by atoms with Gasteiger partial charge in [-0.05, 0) is 0 Å². The largest absolute Gasteiger partial charge is 1.00 e. The number of halogens is 3. The van der Waals surface area contributed by atoms with Crippen molar-refractivity contribution in [1.29, 1.82) is 0 Å². The normalized spacial score (nSPS) is 15.1. The van der Waals surface area contributed by atoms with Crippen LogP contribution in [0.2, 0.25) is 0 Å². The van der Waals surface area contributed by atoms with Gasteiger partial charge in [-0.2, -0.15) is 0 Å². The van der Waals surface area contributed by atoms with E-state index in [0.29, 0.717) is 4.22 Å². The van der Waals surface area contributed by atoms with Crippen molar-refractivity contribution >= 4 is 6.08 Å². The number of hydrogen-bond acceptors (Lipinski definition) is 0. The summed E-state index contributed by atoms with van der Waals surface area (Å²) in [4.78, 5) is 0. The second kappa shape index (κ2) is 9.48. The van der Waals surface area contributed by atoms with Crippen molar-refractivity contribution in [2.24, 2.45) is 0 Å². The third kappa shape index (κ3) is 4.02. The zero-order valence-electron chi connectivity index (χ0n) is 11.6. The van der Waals surface area contributed by atoms with Crippen molar-refractivity contribution in [3.05, 3.63) is 40.0 Å². The number of allylic oxidation sites excluding steroid dienone is 1. The number of hydrogen-bond donors (Lipinski definition) is 0. The molecule has 0 N–H and O–H groups in total. The minimum Gasteiger partial charge on any atom is -1.00 e. The minimum absolute atomic E-state index is 0. The van der Waals surface area contributed by atoms with Gasteiger partial charge in [-0.1, -0.05) is 0 Å². The van der Waals surface area contributed by atoms with Crippen LogP contribution in [0.1, 0.15) is 52.8 Å². The van der Waals surface area contributed by atoms with Gasteiger partial charge in [0.1, 0.15) is 0 Å². The van der Waals surface area contributed by atoms with E-state index < -0.39 is 0 Å². The summed E-state index contributed by atoms with van der Waals surface area (Å²) in [5.41, 5.74) is 7.82. The molecule has 0 radical (unpaired) electrons. The molecular weight excluding hydrogens is 334 g/mol. The molecule has 0 aromatic heterocycles. The molecular formula is C15H19Cl3Ti. The molecule has 0 nitrogen and oxygen atoms in total. The van der Waals surface area contributed by atoms with Gasteiger partial charge in [0.2, 0.25) is 0 Å². The van der Waals surface area contributed by atoms with Crippen LogP contribution in [0.3, 0.4) is 0 Å². The molecule has 19 heavy (non-hydrogen) atoms. The number of benzene rings is 1. The van der Waals surface area contributed by atoms with Crippen LogP contribution in [-0.2, 0) is 39.7 Å². The molecule has 0 heterocycles. The first-order chi connectivity index (χ1) is 7.72. The molecule has 104 valence electrons. The van der Waals surface area contributed by atoms with E-state index in [2.05, 4.69) is 59.4 Å². The quantitative estimate of drug-likeness (QED) is 0.478. The van der Waals surface area contributed by atoms with Gasteiger partial charge in [0.05, 0.1) is 0 Å². The molecule has 0 saturated heterocycles. The zero-order chi connectivity index (χ0) is 11.7. The second-order valence-corrected chi connectivity index (χ2v) is 5.36. The van der Waals surface area contributed by atoms with Crippen LogP contribution < -0.4 is 37.2 Å². The molecule has 4 heteroatoms. The van der Waals surface area contributed by atoms with Crippen molar-refractivity contribution in [2.45, 2.75) is 44.3 Å². The van der Waals surface area contributed by atoms with Gasteiger partial charge >= 0.3 is 111 Å². The smallest absolute Gasteiger partial charge is 1.00 e. The SMILES string of the molecule is CCc1cc2c(c(CC)c1CC)C=C[CH]2[Ti+3].[Cl-].[Cl-].[Cl-]. The molecule has 0 saturated carbocycles. The topological polar surface area (TPSA) is 0 Å². The van der Waals surface area contributed by atoms with Crippen LogP contribution in [0.5, 0.6) is 0 Å². The van der Waals surface area contributed by atoms with Gasteiger partial charge in [-0.3, -0.25) is 0 Å². The Labute approximate surface area is 147 Å². The van der Waals surface area contributed by atoms with Crippen LogP contribution in [0, 0.1) is 0 Å². The van der Waals surface area contributed by atoms with E-state index in [9.17, 15) is 0 Å². The summed E-state index contributed by atoms with van der Waals surface area (Å²) in [7, 11) is 0. The van der Waals surface area contributed by atoms with E-state index in [4.69, 9.17) is 0 Å². The van der Waals surface area contributed by atoms with Crippen LogP contribution in [-0.4, -0.2) is 0 Å². The summed E-state index contributed by atoms with van der Waals surface area (Å²) in [5, 5.41) is 0. The van der Waals surface area contributed by atoms with Gasteiger partial charge in [-0.15, -0.1) is 0 Å². The van der Waals surface area contributed by atoms with Crippen molar-refractivity contribution in [3.63, 3.8) is 0 Å². The van der Waals surface area contributed by atoms with E-state index in [1.807, 2.05) is 0 Å². The summed E-state index contributed by atoms with van der Waals surface area (Å²) < 4.78 is 0.608. The van der Waals surface area contributed by atoms with E-state index in [1.54, 1.807) is 22.3 Å². The third-order valence-electron chi connectivity index (χ3n) is 3.60. The van der Waals surface area contributed by atoms with Crippen molar-refractivity contribution in [2.75, 3.05) is 0 Å². The Morgan fingerprint density at radius 3 is 2.00 bits per heavy atom. The summed E-state index contributed by atoms with van der Waals surface area (Å²) in [6.45, 7) is 6.83. The predicted octanol–water partition coefficient (Wildman–Crippen LogP) is -5.00. The average molecular weight is 354 g/mol. The second-order valence-electron chi connectivity index (χ2n) is 4.39. The van der Waals surface area contributed by atoms with Crippen molar-refractivity contribution in [3.8, 4) is 0 Å². The molecule has 0 amide bonds. The summed E-state index contributed by atoms with van der Waals surface area (Å²) >= 11 is 2.30. The Balaban J connectivity index is 0. The van der Waals surface area contributed by atoms with E-state index >= 15 is 0 Å². The number of rotatable bonds is 3. The van der Waals surface area contributed by atoms with Crippen LogP contribution in [0.15, 0.2) is 12.1 Å². The van der Waals surface area contributed by atoms with Gasteiger partial charge < -0.3 is 37.2 Å². The molecule has 1 unspecified atom stereocenters. The fraction of sp³-hybridized carbons (Fsp3) is 0.467. The van der Waals surface area contributed by atoms with Gasteiger partial charge in [0, 0.05) is 0 Å². The van der Waals surface area contributed by atoms with Crippen LogP contribution in [0.25, 0.3) is 6.08 Å². The first kappa shape index (κ1) is 21.8. The van der Waals surface area contributed by atoms with E-state index in [1.165, 1.54) is 12.0 Å². The maximum atomic E-state index is 2.44. The molecule has 1 aliphatic carbocycles. The number of aryl methyl sites for hydroxylation is 1. The maximum absolute atomic E-state index is 2.44. The Kier molecular flexibility index (Phi) is 10.9. The van der Waals surface area contributed by atoms with Crippen LogP contribution in [0.4, 0.5) is 0 Å². The molecule has 0 spiro atoms. The molecule has 1 atom stereocenters. The Bertz CT molecular complexity index is 442. The fourth-order valence-electron chi connectivity index (χ4n) is 2.79. The van der Waals surface area contributed by atoms with Gasteiger partial charge in [-0.25, -0.2) is 0 Å². The first-order valence-corrected chi connectivity index (χ1v) is 7.19. The van der Waals surface area contributed by atoms with E-state index in [-0.39, 0.29) is 37.2 Å². The van der Waals surface area contributed by atoms with E-state index in [0.717, 1.165) is 12.8 Å². The Morgan fingerprint density at radius 1 is 0.947 bits per heavy atom. The van der Waals surface area contributed by atoms with Crippen LogP contribution >= 0.6 is 0 Å². The molecule has 1 aliphatic rings. The van der Waals surface area contributed by atoms with Gasteiger partial charge in [0.15, 0.2) is 0 Å². The summed E-state index contributed by atoms with van der Waals surface area (Å²) in [5.74, 6) is 0. The molecule has 2 rings (SSSR count). The van der Waals surface area contributed by atoms with Crippen molar-refractivity contribution < 1.29 is 57.7 Å². The zero-order valence-corrected chi connectivity index (χ0v) is 15.4. The summed E-state index contributed by atoms with van der Waals surface area (Å²) in [6, 6.07) is 2.44. The molecule has 0 aliphatic heterocycles. The van der Waals surface area contributed by atoms with Gasteiger partial charge in [0.25, 0.3) is 0 Å². The average Bonchev–Trinajstić information content (AvgIpc) is 2.68. The monoisotopic (exact) mass is 352 g/mol. The minimum atomic E-state index is 0. The number of fused-ring (bicyclic) bond motifs is 1. The molecule has 0 fully saturated rings. The standard InChI is InChI=1S/C15H19.3ClH.Ti/c1-4-11-10-12-8-7-9-15(12)14(6-3)13(11)5-2;;;;/h7-10H,4-6H2,1-3H3;3*1H;/q;;;;+3/p-3. The van der Waals surface area contributed by atoms with Crippen molar-refractivity contribution in [1.82, 2.24) is 0 Å².